The molecule has 0 N–H and O–H groups in total. The summed E-state index contributed by atoms with van der Waals surface area (Å²) in [5.74, 6) is -0.927. The van der Waals surface area contributed by atoms with Gasteiger partial charge in [-0.2, -0.15) is 4.37 Å². The number of benzene rings is 3. The van der Waals surface area contributed by atoms with Gasteiger partial charge in [0.15, 0.2) is 5.58 Å². The topological polar surface area (TPSA) is 117 Å². The van der Waals surface area contributed by atoms with Gasteiger partial charge in [-0.3, -0.25) is 4.57 Å². The van der Waals surface area contributed by atoms with Gasteiger partial charge in [0, 0.05) is 39.8 Å². The van der Waals surface area contributed by atoms with Gasteiger partial charge in [-0.05, 0) is 36.8 Å². The van der Waals surface area contributed by atoms with Crippen molar-refractivity contribution in [2.24, 2.45) is 0 Å². The van der Waals surface area contributed by atoms with E-state index in [-0.39, 0.29) is 22.8 Å². The number of nitrogens with zero attached hydrogens (tertiary/aromatic N) is 4. The van der Waals surface area contributed by atoms with Gasteiger partial charge in [0.2, 0.25) is 5.13 Å². The van der Waals surface area contributed by atoms with Gasteiger partial charge in [0.25, 0.3) is 10.0 Å². The SMILES string of the molecule is COc1ccc(CN(c2ncns2)S(=O)(=O)c2cc3oc(=O)n([C@H](C)c4cccc(Br)c4)c3cc2F)c(OC)c1. The number of halogens is 2. The predicted molar refractivity (Wildman–Crippen MR) is 151 cm³/mol. The van der Waals surface area contributed by atoms with Crippen LogP contribution in [0.4, 0.5) is 9.52 Å². The van der Waals surface area contributed by atoms with Crippen molar-refractivity contribution in [3.05, 3.63) is 92.9 Å². The average Bonchev–Trinajstić information content (AvgIpc) is 3.58. The minimum Gasteiger partial charge on any atom is -0.497 e. The molecule has 0 fully saturated rings. The number of sulfonamides is 1. The third kappa shape index (κ3) is 5.09. The average molecular weight is 650 g/mol. The summed E-state index contributed by atoms with van der Waals surface area (Å²) in [7, 11) is -1.63. The van der Waals surface area contributed by atoms with Crippen molar-refractivity contribution in [2.45, 2.75) is 24.4 Å². The molecule has 0 aliphatic rings. The third-order valence-electron chi connectivity index (χ3n) is 6.32. The molecule has 0 aliphatic heterocycles. The van der Waals surface area contributed by atoms with Crippen molar-refractivity contribution in [2.75, 3.05) is 18.5 Å². The highest BCUT2D eigenvalue weighted by Gasteiger charge is 2.33. The Kier molecular flexibility index (Phi) is 7.66. The molecule has 10 nitrogen and oxygen atoms in total. The standard InChI is InChI=1S/C26H22BrFN4O6S2/c1-15(16-5-4-6-18(27)9-16)32-21-11-20(28)24(12-23(21)38-26(32)33)40(34,35)31(25-29-14-30-39-25)13-17-7-8-19(36-2)10-22(17)37-3/h4-12,14-15H,13H2,1-3H3/t15-/m1/s1. The fourth-order valence-electron chi connectivity index (χ4n) is 4.30. The first kappa shape index (κ1) is 27.8. The van der Waals surface area contributed by atoms with Crippen molar-refractivity contribution < 1.29 is 26.7 Å². The number of rotatable bonds is 9. The molecule has 0 unspecified atom stereocenters. The van der Waals surface area contributed by atoms with Crippen LogP contribution in [0.2, 0.25) is 0 Å². The number of aromatic nitrogens is 3. The summed E-state index contributed by atoms with van der Waals surface area (Å²) < 4.78 is 66.5. The lowest BCUT2D eigenvalue weighted by Crippen LogP contribution is -2.31. The van der Waals surface area contributed by atoms with E-state index in [1.807, 2.05) is 24.3 Å². The van der Waals surface area contributed by atoms with Crippen molar-refractivity contribution in [3.63, 3.8) is 0 Å². The zero-order valence-corrected chi connectivity index (χ0v) is 24.6. The second-order valence-electron chi connectivity index (χ2n) is 8.63. The first-order valence-electron chi connectivity index (χ1n) is 11.7. The van der Waals surface area contributed by atoms with Gasteiger partial charge < -0.3 is 13.9 Å². The van der Waals surface area contributed by atoms with Crippen LogP contribution in [0.3, 0.4) is 0 Å². The molecule has 3 aromatic carbocycles. The third-order valence-corrected chi connectivity index (χ3v) is 9.37. The van der Waals surface area contributed by atoms with E-state index in [2.05, 4.69) is 25.3 Å². The minimum atomic E-state index is -4.56. The number of ether oxygens (including phenoxy) is 2. The zero-order chi connectivity index (χ0) is 28.6. The summed E-state index contributed by atoms with van der Waals surface area (Å²) in [6, 6.07) is 13.7. The number of anilines is 1. The minimum absolute atomic E-state index is 0.0136. The van der Waals surface area contributed by atoms with E-state index in [0.29, 0.717) is 17.1 Å². The summed E-state index contributed by atoms with van der Waals surface area (Å²) in [5, 5.41) is 0.0136. The largest absolute Gasteiger partial charge is 0.497 e. The Labute approximate surface area is 240 Å². The van der Waals surface area contributed by atoms with E-state index < -0.39 is 32.5 Å². The number of methoxy groups -OCH3 is 2. The highest BCUT2D eigenvalue weighted by Crippen LogP contribution is 2.34. The quantitative estimate of drug-likeness (QED) is 0.209. The molecular weight excluding hydrogens is 627 g/mol. The Morgan fingerprint density at radius 2 is 1.95 bits per heavy atom. The summed E-state index contributed by atoms with van der Waals surface area (Å²) >= 11 is 4.24. The number of fused-ring (bicyclic) bond motifs is 1. The smallest absolute Gasteiger partial charge is 0.420 e. The van der Waals surface area contributed by atoms with Gasteiger partial charge in [-0.1, -0.05) is 28.1 Å². The van der Waals surface area contributed by atoms with Crippen LogP contribution in [0, 0.1) is 5.82 Å². The van der Waals surface area contributed by atoms with Crippen LogP contribution in [0.1, 0.15) is 24.1 Å². The first-order valence-corrected chi connectivity index (χ1v) is 14.7. The second-order valence-corrected chi connectivity index (χ2v) is 12.1. The van der Waals surface area contributed by atoms with Crippen LogP contribution in [-0.4, -0.2) is 36.6 Å². The summed E-state index contributed by atoms with van der Waals surface area (Å²) in [5.41, 5.74) is 1.29. The van der Waals surface area contributed by atoms with Crippen LogP contribution in [0.15, 0.2) is 79.5 Å². The molecule has 14 heteroatoms. The van der Waals surface area contributed by atoms with E-state index in [1.54, 1.807) is 25.1 Å². The van der Waals surface area contributed by atoms with Gasteiger partial charge in [0.05, 0.1) is 32.3 Å². The molecule has 208 valence electrons. The summed E-state index contributed by atoms with van der Waals surface area (Å²) in [4.78, 5) is 16.2. The van der Waals surface area contributed by atoms with Crippen LogP contribution in [0.25, 0.3) is 11.1 Å². The van der Waals surface area contributed by atoms with Crippen molar-refractivity contribution in [1.82, 2.24) is 13.9 Å². The highest BCUT2D eigenvalue weighted by molar-refractivity contribution is 9.10. The molecule has 5 aromatic rings. The normalized spacial score (nSPS) is 12.4. The lowest BCUT2D eigenvalue weighted by Gasteiger charge is -2.23. The molecule has 2 heterocycles. The molecule has 1 atom stereocenters. The molecular formula is C26H22BrFN4O6S2. The molecule has 5 rings (SSSR count). The van der Waals surface area contributed by atoms with E-state index >= 15 is 4.39 Å². The maximum Gasteiger partial charge on any atom is 0.420 e. The molecule has 40 heavy (non-hydrogen) atoms. The van der Waals surface area contributed by atoms with Crippen molar-refractivity contribution in [3.8, 4) is 11.5 Å². The van der Waals surface area contributed by atoms with E-state index in [0.717, 1.165) is 38.0 Å². The Balaban J connectivity index is 1.60. The number of hydrogen-bond acceptors (Lipinski definition) is 9. The molecule has 0 radical (unpaired) electrons. The summed E-state index contributed by atoms with van der Waals surface area (Å²) in [6.45, 7) is 1.52. The number of hydrogen-bond donors (Lipinski definition) is 0. The second kappa shape index (κ2) is 11.0. The van der Waals surface area contributed by atoms with Crippen molar-refractivity contribution in [1.29, 1.82) is 0 Å². The molecule has 0 spiro atoms. The lowest BCUT2D eigenvalue weighted by atomic mass is 10.1. The lowest BCUT2D eigenvalue weighted by molar-refractivity contribution is 0.391. The van der Waals surface area contributed by atoms with E-state index in [1.165, 1.54) is 25.1 Å². The van der Waals surface area contributed by atoms with Crippen LogP contribution in [-0.2, 0) is 16.6 Å². The monoisotopic (exact) mass is 648 g/mol. The van der Waals surface area contributed by atoms with E-state index in [4.69, 9.17) is 13.9 Å². The van der Waals surface area contributed by atoms with Gasteiger partial charge in [-0.15, -0.1) is 0 Å². The predicted octanol–water partition coefficient (Wildman–Crippen LogP) is 5.37. The van der Waals surface area contributed by atoms with Gasteiger partial charge >= 0.3 is 5.76 Å². The van der Waals surface area contributed by atoms with Gasteiger partial charge in [-0.25, -0.2) is 26.9 Å². The number of oxazole rings is 1. The molecule has 0 bridgehead atoms. The Hall–Kier alpha value is -3.75. The maximum atomic E-state index is 15.7. The highest BCUT2D eigenvalue weighted by atomic mass is 79.9. The fraction of sp³-hybridized carbons (Fsp3) is 0.192. The van der Waals surface area contributed by atoms with Gasteiger partial charge in [0.1, 0.15) is 28.5 Å². The van der Waals surface area contributed by atoms with Crippen LogP contribution in [0.5, 0.6) is 11.5 Å². The molecule has 0 aliphatic carbocycles. The Morgan fingerprint density at radius 1 is 1.15 bits per heavy atom. The fourth-order valence-corrected chi connectivity index (χ4v) is 6.91. The van der Waals surface area contributed by atoms with E-state index in [9.17, 15) is 13.2 Å². The molecule has 2 aromatic heterocycles. The Bertz CT molecular complexity index is 1860. The summed E-state index contributed by atoms with van der Waals surface area (Å²) in [6.07, 6.45) is 1.20. The zero-order valence-electron chi connectivity index (χ0n) is 21.4. The first-order chi connectivity index (χ1) is 19.1. The molecule has 0 amide bonds. The Morgan fingerprint density at radius 3 is 2.62 bits per heavy atom. The maximum absolute atomic E-state index is 15.7. The van der Waals surface area contributed by atoms with Crippen molar-refractivity contribution >= 4 is 53.7 Å². The molecule has 0 saturated heterocycles. The van der Waals surface area contributed by atoms with Crippen LogP contribution < -0.4 is 19.5 Å². The molecule has 0 saturated carbocycles. The van der Waals surface area contributed by atoms with Crippen LogP contribution >= 0.6 is 27.5 Å².